The topological polar surface area (TPSA) is 113 Å². The molecule has 0 aliphatic rings. The second-order valence-electron chi connectivity index (χ2n) is 2.87. The first kappa shape index (κ1) is 12.1. The van der Waals surface area contributed by atoms with Gasteiger partial charge >= 0.3 is 5.69 Å². The van der Waals surface area contributed by atoms with E-state index < -0.39 is 4.92 Å². The Morgan fingerprint density at radius 1 is 1.56 bits per heavy atom. The summed E-state index contributed by atoms with van der Waals surface area (Å²) in [6, 6.07) is 0. The Bertz CT molecular complexity index is 371. The second-order valence-corrected chi connectivity index (χ2v) is 2.87. The molecule has 1 heterocycles. The highest BCUT2D eigenvalue weighted by Crippen LogP contribution is 2.23. The van der Waals surface area contributed by atoms with Gasteiger partial charge in [0.25, 0.3) is 5.88 Å². The van der Waals surface area contributed by atoms with Crippen LogP contribution in [-0.4, -0.2) is 35.2 Å². The van der Waals surface area contributed by atoms with Gasteiger partial charge < -0.3 is 15.2 Å². The van der Waals surface area contributed by atoms with Crippen LogP contribution in [0.1, 0.15) is 6.42 Å². The number of nitrogens with zero attached hydrogens (tertiary/aromatic N) is 3. The van der Waals surface area contributed by atoms with Crippen molar-refractivity contribution in [1.82, 2.24) is 9.97 Å². The Hall–Kier alpha value is -1.96. The van der Waals surface area contributed by atoms with Gasteiger partial charge in [-0.3, -0.25) is 10.1 Å². The number of aromatic nitrogens is 2. The summed E-state index contributed by atoms with van der Waals surface area (Å²) in [6.45, 7) is 0.777. The maximum atomic E-state index is 10.6. The molecule has 16 heavy (non-hydrogen) atoms. The zero-order valence-electron chi connectivity index (χ0n) is 8.75. The van der Waals surface area contributed by atoms with Crippen LogP contribution in [0.25, 0.3) is 0 Å². The van der Waals surface area contributed by atoms with Crippen LogP contribution in [0.3, 0.4) is 0 Å². The molecular weight excluding hydrogens is 216 g/mol. The summed E-state index contributed by atoms with van der Waals surface area (Å²) >= 11 is 0. The molecule has 1 rings (SSSR count). The van der Waals surface area contributed by atoms with Crippen molar-refractivity contribution in [2.45, 2.75) is 6.42 Å². The van der Waals surface area contributed by atoms with Gasteiger partial charge in [-0.25, -0.2) is 4.98 Å². The van der Waals surface area contributed by atoms with E-state index >= 15 is 0 Å². The molecule has 0 spiro atoms. The number of rotatable bonds is 6. The number of anilines is 1. The van der Waals surface area contributed by atoms with E-state index in [2.05, 4.69) is 9.97 Å². The molecule has 0 unspecified atom stereocenters. The first-order valence-corrected chi connectivity index (χ1v) is 4.53. The monoisotopic (exact) mass is 228 g/mol. The van der Waals surface area contributed by atoms with Crippen LogP contribution < -0.4 is 10.5 Å². The molecule has 8 heteroatoms. The molecule has 8 nitrogen and oxygen atoms in total. The lowest BCUT2D eigenvalue weighted by Crippen LogP contribution is -2.07. The van der Waals surface area contributed by atoms with Gasteiger partial charge in [-0.15, -0.1) is 0 Å². The molecule has 0 saturated carbocycles. The van der Waals surface area contributed by atoms with E-state index in [-0.39, 0.29) is 24.1 Å². The van der Waals surface area contributed by atoms with Crippen LogP contribution in [-0.2, 0) is 4.74 Å². The highest BCUT2D eigenvalue weighted by atomic mass is 16.6. The molecule has 0 aliphatic carbocycles. The van der Waals surface area contributed by atoms with Gasteiger partial charge in [0.1, 0.15) is 6.20 Å². The summed E-state index contributed by atoms with van der Waals surface area (Å²) in [5.74, 6) is -0.180. The van der Waals surface area contributed by atoms with E-state index in [9.17, 15) is 10.1 Å². The Morgan fingerprint density at radius 3 is 2.94 bits per heavy atom. The molecule has 0 atom stereocenters. The van der Waals surface area contributed by atoms with E-state index in [1.807, 2.05) is 0 Å². The zero-order valence-corrected chi connectivity index (χ0v) is 8.75. The third kappa shape index (κ3) is 3.31. The van der Waals surface area contributed by atoms with Gasteiger partial charge in [0.15, 0.2) is 0 Å². The highest BCUT2D eigenvalue weighted by Gasteiger charge is 2.17. The lowest BCUT2D eigenvalue weighted by atomic mass is 10.5. The molecule has 1 aromatic heterocycles. The number of nitrogens with two attached hydrogens (primary N) is 1. The van der Waals surface area contributed by atoms with E-state index in [4.69, 9.17) is 15.2 Å². The minimum atomic E-state index is -0.620. The standard InChI is InChI=1S/C8H12N4O4/c1-15-3-2-4-16-7-6(12(13)14)5-10-8(9)11-7/h5H,2-4H2,1H3,(H2,9,10,11). The number of nitrogen functional groups attached to an aromatic ring is 1. The normalized spacial score (nSPS) is 10.1. The van der Waals surface area contributed by atoms with E-state index in [1.165, 1.54) is 0 Å². The van der Waals surface area contributed by atoms with Crippen molar-refractivity contribution in [3.63, 3.8) is 0 Å². The van der Waals surface area contributed by atoms with Gasteiger partial charge in [-0.2, -0.15) is 4.98 Å². The molecular formula is C8H12N4O4. The predicted octanol–water partition coefficient (Wildman–Crippen LogP) is 0.382. The fraction of sp³-hybridized carbons (Fsp3) is 0.500. The predicted molar refractivity (Wildman–Crippen MR) is 55.1 cm³/mol. The van der Waals surface area contributed by atoms with Crippen LogP contribution >= 0.6 is 0 Å². The Balaban J connectivity index is 2.68. The molecule has 0 bridgehead atoms. The van der Waals surface area contributed by atoms with Gasteiger partial charge in [0, 0.05) is 20.1 Å². The number of methoxy groups -OCH3 is 1. The molecule has 0 fully saturated rings. The summed E-state index contributed by atoms with van der Waals surface area (Å²) in [5.41, 5.74) is 5.01. The molecule has 88 valence electrons. The van der Waals surface area contributed by atoms with Crippen LogP contribution in [0.2, 0.25) is 0 Å². The third-order valence-corrected chi connectivity index (χ3v) is 1.68. The summed E-state index contributed by atoms with van der Waals surface area (Å²) in [7, 11) is 1.56. The van der Waals surface area contributed by atoms with Crippen LogP contribution in [0.4, 0.5) is 11.6 Å². The van der Waals surface area contributed by atoms with Crippen molar-refractivity contribution in [2.75, 3.05) is 26.1 Å². The Labute approximate surface area is 91.6 Å². The fourth-order valence-corrected chi connectivity index (χ4v) is 0.976. The van der Waals surface area contributed by atoms with Gasteiger partial charge in [0.05, 0.1) is 11.5 Å². The fourth-order valence-electron chi connectivity index (χ4n) is 0.976. The van der Waals surface area contributed by atoms with Crippen molar-refractivity contribution in [2.24, 2.45) is 0 Å². The zero-order chi connectivity index (χ0) is 12.0. The van der Waals surface area contributed by atoms with Crippen molar-refractivity contribution < 1.29 is 14.4 Å². The van der Waals surface area contributed by atoms with Crippen LogP contribution in [0, 0.1) is 10.1 Å². The van der Waals surface area contributed by atoms with Crippen LogP contribution in [0.15, 0.2) is 6.20 Å². The lowest BCUT2D eigenvalue weighted by molar-refractivity contribution is -0.386. The average molecular weight is 228 g/mol. The molecule has 0 amide bonds. The van der Waals surface area contributed by atoms with Crippen LogP contribution in [0.5, 0.6) is 5.88 Å². The molecule has 0 aliphatic heterocycles. The van der Waals surface area contributed by atoms with E-state index in [0.717, 1.165) is 6.20 Å². The molecule has 0 radical (unpaired) electrons. The van der Waals surface area contributed by atoms with Gasteiger partial charge in [-0.05, 0) is 0 Å². The summed E-state index contributed by atoms with van der Waals surface area (Å²) in [6.07, 6.45) is 1.63. The quantitative estimate of drug-likeness (QED) is 0.425. The maximum absolute atomic E-state index is 10.6. The number of ether oxygens (including phenoxy) is 2. The Kier molecular flexibility index (Phi) is 4.40. The Morgan fingerprint density at radius 2 is 2.31 bits per heavy atom. The molecule has 2 N–H and O–H groups in total. The molecule has 0 saturated heterocycles. The number of hydrogen-bond donors (Lipinski definition) is 1. The van der Waals surface area contributed by atoms with Crippen molar-refractivity contribution in [3.05, 3.63) is 16.3 Å². The first-order valence-electron chi connectivity index (χ1n) is 4.53. The number of hydrogen-bond acceptors (Lipinski definition) is 7. The van der Waals surface area contributed by atoms with Crippen molar-refractivity contribution in [1.29, 1.82) is 0 Å². The minimum absolute atomic E-state index is 0.0626. The third-order valence-electron chi connectivity index (χ3n) is 1.68. The first-order chi connectivity index (χ1) is 7.65. The molecule has 1 aromatic rings. The van der Waals surface area contributed by atoms with Crippen molar-refractivity contribution >= 4 is 11.6 Å². The SMILES string of the molecule is COCCCOc1nc(N)ncc1[N+](=O)[O-]. The summed E-state index contributed by atoms with van der Waals surface area (Å²) < 4.78 is 9.94. The lowest BCUT2D eigenvalue weighted by Gasteiger charge is -2.05. The highest BCUT2D eigenvalue weighted by molar-refractivity contribution is 5.41. The summed E-state index contributed by atoms with van der Waals surface area (Å²) in [4.78, 5) is 17.2. The summed E-state index contributed by atoms with van der Waals surface area (Å²) in [5, 5.41) is 10.6. The number of nitro groups is 1. The van der Waals surface area contributed by atoms with Gasteiger partial charge in [-0.1, -0.05) is 0 Å². The van der Waals surface area contributed by atoms with E-state index in [1.54, 1.807) is 7.11 Å². The second kappa shape index (κ2) is 5.81. The van der Waals surface area contributed by atoms with Crippen molar-refractivity contribution in [3.8, 4) is 5.88 Å². The average Bonchev–Trinajstić information content (AvgIpc) is 2.24. The van der Waals surface area contributed by atoms with Gasteiger partial charge in [0.2, 0.25) is 5.95 Å². The van der Waals surface area contributed by atoms with E-state index in [0.29, 0.717) is 13.0 Å². The smallest absolute Gasteiger partial charge is 0.349 e. The molecule has 0 aromatic carbocycles. The largest absolute Gasteiger partial charge is 0.473 e. The maximum Gasteiger partial charge on any atom is 0.349 e. The minimum Gasteiger partial charge on any atom is -0.473 e.